The van der Waals surface area contributed by atoms with Crippen LogP contribution >= 0.6 is 0 Å². The average molecular weight is 458 g/mol. The highest BCUT2D eigenvalue weighted by Crippen LogP contribution is 2.25. The van der Waals surface area contributed by atoms with E-state index in [-0.39, 0.29) is 31.1 Å². The molecule has 1 amide bonds. The van der Waals surface area contributed by atoms with E-state index in [0.29, 0.717) is 10.8 Å². The first-order valence-electron chi connectivity index (χ1n) is 9.84. The number of sulfone groups is 1. The molecule has 1 aromatic heterocycles. The van der Waals surface area contributed by atoms with Gasteiger partial charge in [0.15, 0.2) is 15.1 Å². The maximum Gasteiger partial charge on any atom is 0.407 e. The molecule has 1 unspecified atom stereocenters. The van der Waals surface area contributed by atoms with E-state index in [4.69, 9.17) is 4.74 Å². The lowest BCUT2D eigenvalue weighted by Crippen LogP contribution is -2.42. The van der Waals surface area contributed by atoms with E-state index in [1.807, 2.05) is 30.3 Å². The van der Waals surface area contributed by atoms with Gasteiger partial charge in [0.1, 0.15) is 6.61 Å². The number of nitrogens with one attached hydrogen (secondary N) is 2. The quantitative estimate of drug-likeness (QED) is 0.394. The number of amides is 1. The van der Waals surface area contributed by atoms with E-state index in [1.165, 1.54) is 18.5 Å². The number of pyridine rings is 1. The summed E-state index contributed by atoms with van der Waals surface area (Å²) in [7, 11) is -4.17. The Hall–Kier alpha value is -3.50. The second-order valence-corrected chi connectivity index (χ2v) is 9.02. The zero-order valence-electron chi connectivity index (χ0n) is 17.1. The van der Waals surface area contributed by atoms with E-state index in [9.17, 15) is 23.1 Å². The SMILES string of the molecule is O=C(NCCNCC(C(=O)O)S(=O)(=O)c1cccc2cnccc12)OCc1ccccc1. The second-order valence-electron chi connectivity index (χ2n) is 6.92. The zero-order valence-corrected chi connectivity index (χ0v) is 17.9. The van der Waals surface area contributed by atoms with E-state index < -0.39 is 27.1 Å². The standard InChI is InChI=1S/C22H23N3O6S/c26-21(27)20(32(29,30)19-8-4-7-17-13-23-10-9-18(17)19)14-24-11-12-25-22(28)31-15-16-5-2-1-3-6-16/h1-10,13,20,24H,11-12,14-15H2,(H,25,28)(H,26,27). The Morgan fingerprint density at radius 1 is 1.03 bits per heavy atom. The summed E-state index contributed by atoms with van der Waals surface area (Å²) in [5.41, 5.74) is 0.847. The van der Waals surface area contributed by atoms with Crippen LogP contribution in [0.2, 0.25) is 0 Å². The number of fused-ring (bicyclic) bond motifs is 1. The van der Waals surface area contributed by atoms with Crippen LogP contribution in [-0.4, -0.2) is 55.5 Å². The van der Waals surface area contributed by atoms with Crippen molar-refractivity contribution >= 4 is 32.7 Å². The number of rotatable bonds is 10. The maximum atomic E-state index is 13.0. The van der Waals surface area contributed by atoms with Gasteiger partial charge in [-0.3, -0.25) is 9.78 Å². The van der Waals surface area contributed by atoms with Gasteiger partial charge < -0.3 is 20.5 Å². The largest absolute Gasteiger partial charge is 0.480 e. The molecular formula is C22H23N3O6S. The number of aliphatic carboxylic acids is 1. The molecule has 0 fully saturated rings. The summed E-state index contributed by atoms with van der Waals surface area (Å²) in [6, 6.07) is 15.4. The lowest BCUT2D eigenvalue weighted by molar-refractivity contribution is -0.136. The molecule has 1 atom stereocenters. The number of hydrogen-bond donors (Lipinski definition) is 3. The van der Waals surface area contributed by atoms with Gasteiger partial charge in [0.05, 0.1) is 4.90 Å². The third-order valence-corrected chi connectivity index (χ3v) is 6.80. The van der Waals surface area contributed by atoms with Gasteiger partial charge >= 0.3 is 12.1 Å². The zero-order chi connectivity index (χ0) is 23.0. The number of ether oxygens (including phenoxy) is 1. The number of carboxylic acids is 1. The average Bonchev–Trinajstić information content (AvgIpc) is 2.79. The molecule has 3 rings (SSSR count). The van der Waals surface area contributed by atoms with Crippen molar-refractivity contribution in [2.45, 2.75) is 16.8 Å². The van der Waals surface area contributed by atoms with Crippen molar-refractivity contribution in [3.63, 3.8) is 0 Å². The number of carbonyl (C=O) groups excluding carboxylic acids is 1. The molecule has 0 saturated carbocycles. The third kappa shape index (κ3) is 5.80. The molecule has 0 bridgehead atoms. The smallest absolute Gasteiger partial charge is 0.407 e. The monoisotopic (exact) mass is 457 g/mol. The Labute approximate surface area is 185 Å². The van der Waals surface area contributed by atoms with E-state index in [2.05, 4.69) is 15.6 Å². The minimum atomic E-state index is -4.17. The summed E-state index contributed by atoms with van der Waals surface area (Å²) in [5, 5.41) is 14.2. The number of nitrogens with zero attached hydrogens (tertiary/aromatic N) is 1. The molecule has 3 aromatic rings. The van der Waals surface area contributed by atoms with Crippen molar-refractivity contribution in [3.8, 4) is 0 Å². The van der Waals surface area contributed by atoms with Gasteiger partial charge in [-0.2, -0.15) is 0 Å². The first kappa shape index (κ1) is 23.2. The van der Waals surface area contributed by atoms with Crippen LogP contribution in [0.5, 0.6) is 0 Å². The first-order valence-corrected chi connectivity index (χ1v) is 11.4. The molecule has 3 N–H and O–H groups in total. The van der Waals surface area contributed by atoms with E-state index in [1.54, 1.807) is 18.2 Å². The fourth-order valence-corrected chi connectivity index (χ4v) is 4.75. The van der Waals surface area contributed by atoms with Crippen molar-refractivity contribution in [2.24, 2.45) is 0 Å². The molecule has 0 aliphatic rings. The Kier molecular flexibility index (Phi) is 7.74. The van der Waals surface area contributed by atoms with Crippen LogP contribution in [0, 0.1) is 0 Å². The highest BCUT2D eigenvalue weighted by atomic mass is 32.2. The predicted molar refractivity (Wildman–Crippen MR) is 118 cm³/mol. The number of aromatic nitrogens is 1. The van der Waals surface area contributed by atoms with Crippen LogP contribution in [0.1, 0.15) is 5.56 Å². The Balaban J connectivity index is 1.53. The number of carboxylic acid groups (broad SMARTS) is 1. The summed E-state index contributed by atoms with van der Waals surface area (Å²) in [4.78, 5) is 27.4. The van der Waals surface area contributed by atoms with Gasteiger partial charge in [-0.15, -0.1) is 0 Å². The van der Waals surface area contributed by atoms with Gasteiger partial charge in [-0.1, -0.05) is 42.5 Å². The number of alkyl carbamates (subject to hydrolysis) is 1. The van der Waals surface area contributed by atoms with Gasteiger partial charge in [0.2, 0.25) is 0 Å². The molecule has 0 aliphatic heterocycles. The van der Waals surface area contributed by atoms with Crippen LogP contribution in [0.15, 0.2) is 71.9 Å². The molecule has 0 spiro atoms. The molecule has 1 heterocycles. The van der Waals surface area contributed by atoms with Gasteiger partial charge in [0, 0.05) is 42.8 Å². The minimum absolute atomic E-state index is 0.0609. The summed E-state index contributed by atoms with van der Waals surface area (Å²) in [6.07, 6.45) is 2.35. The highest BCUT2D eigenvalue weighted by molar-refractivity contribution is 7.93. The lowest BCUT2D eigenvalue weighted by atomic mass is 10.2. The van der Waals surface area contributed by atoms with Crippen LogP contribution < -0.4 is 10.6 Å². The number of carbonyl (C=O) groups is 2. The predicted octanol–water partition coefficient (Wildman–Crippen LogP) is 1.98. The fourth-order valence-electron chi connectivity index (χ4n) is 3.08. The Bertz CT molecular complexity index is 1180. The minimum Gasteiger partial charge on any atom is -0.480 e. The van der Waals surface area contributed by atoms with Gasteiger partial charge in [-0.05, 0) is 17.7 Å². The molecule has 168 valence electrons. The third-order valence-electron chi connectivity index (χ3n) is 4.71. The maximum absolute atomic E-state index is 13.0. The van der Waals surface area contributed by atoms with Crippen LogP contribution in [0.25, 0.3) is 10.8 Å². The van der Waals surface area contributed by atoms with Crippen molar-refractivity contribution in [1.82, 2.24) is 15.6 Å². The Morgan fingerprint density at radius 3 is 2.56 bits per heavy atom. The van der Waals surface area contributed by atoms with Crippen molar-refractivity contribution in [1.29, 1.82) is 0 Å². The molecule has 9 nitrogen and oxygen atoms in total. The fraction of sp³-hybridized carbons (Fsp3) is 0.227. The summed E-state index contributed by atoms with van der Waals surface area (Å²) >= 11 is 0. The van der Waals surface area contributed by atoms with Crippen LogP contribution in [-0.2, 0) is 26.0 Å². The number of hydrogen-bond acceptors (Lipinski definition) is 7. The van der Waals surface area contributed by atoms with Gasteiger partial charge in [0.25, 0.3) is 0 Å². The van der Waals surface area contributed by atoms with Crippen molar-refractivity contribution in [3.05, 3.63) is 72.6 Å². The first-order chi connectivity index (χ1) is 15.4. The molecule has 0 aliphatic carbocycles. The Morgan fingerprint density at radius 2 is 1.81 bits per heavy atom. The van der Waals surface area contributed by atoms with Crippen molar-refractivity contribution < 1.29 is 27.9 Å². The van der Waals surface area contributed by atoms with Crippen LogP contribution in [0.4, 0.5) is 4.79 Å². The van der Waals surface area contributed by atoms with Crippen LogP contribution in [0.3, 0.4) is 0 Å². The van der Waals surface area contributed by atoms with Crippen molar-refractivity contribution in [2.75, 3.05) is 19.6 Å². The summed E-state index contributed by atoms with van der Waals surface area (Å²) in [6.45, 7) is 0.110. The molecule has 32 heavy (non-hydrogen) atoms. The molecular weight excluding hydrogens is 434 g/mol. The normalized spacial score (nSPS) is 12.2. The molecule has 0 saturated heterocycles. The van der Waals surface area contributed by atoms with E-state index >= 15 is 0 Å². The van der Waals surface area contributed by atoms with Gasteiger partial charge in [-0.25, -0.2) is 13.2 Å². The molecule has 10 heteroatoms. The summed E-state index contributed by atoms with van der Waals surface area (Å²) in [5.74, 6) is -1.46. The van der Waals surface area contributed by atoms with E-state index in [0.717, 1.165) is 5.56 Å². The second kappa shape index (κ2) is 10.7. The summed E-state index contributed by atoms with van der Waals surface area (Å²) < 4.78 is 31.2. The lowest BCUT2D eigenvalue weighted by Gasteiger charge is -2.16. The molecule has 0 radical (unpaired) electrons. The molecule has 2 aromatic carbocycles. The topological polar surface area (TPSA) is 135 Å². The highest BCUT2D eigenvalue weighted by Gasteiger charge is 2.34. The number of benzene rings is 2.